The highest BCUT2D eigenvalue weighted by Crippen LogP contribution is 2.07. The first-order chi connectivity index (χ1) is 5.65. The van der Waals surface area contributed by atoms with Crippen LogP contribution >= 0.6 is 11.8 Å². The lowest BCUT2D eigenvalue weighted by molar-refractivity contribution is 0.839. The topological polar surface area (TPSA) is 22.0 Å². The summed E-state index contributed by atoms with van der Waals surface area (Å²) in [6.45, 7) is 1.85. The molecule has 0 N–H and O–H groups in total. The van der Waals surface area contributed by atoms with Gasteiger partial charge in [0.2, 0.25) is 0 Å². The number of thioether (sulfide) groups is 1. The SMILES string of the molecule is CSCc1cc(C)c(=O)n(C)c1. The molecular formula is C9H13NOS. The van der Waals surface area contributed by atoms with E-state index in [4.69, 9.17) is 0 Å². The first-order valence-corrected chi connectivity index (χ1v) is 5.19. The molecule has 0 saturated carbocycles. The highest BCUT2D eigenvalue weighted by Gasteiger charge is 1.98. The van der Waals surface area contributed by atoms with E-state index >= 15 is 0 Å². The fraction of sp³-hybridized carbons (Fsp3) is 0.444. The molecule has 0 aliphatic rings. The Morgan fingerprint density at radius 2 is 2.25 bits per heavy atom. The average Bonchev–Trinajstić information content (AvgIpc) is 2.01. The maximum atomic E-state index is 11.3. The molecule has 0 radical (unpaired) electrons. The number of hydrogen-bond donors (Lipinski definition) is 0. The van der Waals surface area contributed by atoms with Gasteiger partial charge in [-0.05, 0) is 24.8 Å². The quantitative estimate of drug-likeness (QED) is 0.694. The van der Waals surface area contributed by atoms with Gasteiger partial charge in [0.25, 0.3) is 5.56 Å². The van der Waals surface area contributed by atoms with E-state index in [1.165, 1.54) is 5.56 Å². The second kappa shape index (κ2) is 3.81. The molecule has 0 amide bonds. The Bertz CT molecular complexity index is 304. The summed E-state index contributed by atoms with van der Waals surface area (Å²) < 4.78 is 1.64. The standard InChI is InChI=1S/C9H13NOS/c1-7-4-8(6-12-3)5-10(2)9(7)11/h4-5H,6H2,1-3H3. The van der Waals surface area contributed by atoms with E-state index in [2.05, 4.69) is 6.26 Å². The largest absolute Gasteiger partial charge is 0.318 e. The van der Waals surface area contributed by atoms with E-state index in [9.17, 15) is 4.79 Å². The Kier molecular flexibility index (Phi) is 2.98. The molecule has 0 bridgehead atoms. The summed E-state index contributed by atoms with van der Waals surface area (Å²) in [5, 5.41) is 0. The van der Waals surface area contributed by atoms with Crippen molar-refractivity contribution in [1.82, 2.24) is 4.57 Å². The van der Waals surface area contributed by atoms with Crippen LogP contribution in [-0.4, -0.2) is 10.8 Å². The minimum atomic E-state index is 0.0971. The lowest BCUT2D eigenvalue weighted by atomic mass is 10.2. The van der Waals surface area contributed by atoms with E-state index in [0.29, 0.717) is 0 Å². The van der Waals surface area contributed by atoms with Gasteiger partial charge in [0.05, 0.1) is 0 Å². The Balaban J connectivity index is 3.13. The van der Waals surface area contributed by atoms with E-state index < -0.39 is 0 Å². The number of aromatic nitrogens is 1. The normalized spacial score (nSPS) is 10.2. The molecule has 0 fully saturated rings. The zero-order valence-electron chi connectivity index (χ0n) is 7.63. The van der Waals surface area contributed by atoms with E-state index in [0.717, 1.165) is 11.3 Å². The van der Waals surface area contributed by atoms with Crippen LogP contribution in [0.2, 0.25) is 0 Å². The molecule has 0 atom stereocenters. The average molecular weight is 183 g/mol. The monoisotopic (exact) mass is 183 g/mol. The van der Waals surface area contributed by atoms with Crippen LogP contribution in [0.15, 0.2) is 17.1 Å². The smallest absolute Gasteiger partial charge is 0.253 e. The highest BCUT2D eigenvalue weighted by molar-refractivity contribution is 7.97. The number of hydrogen-bond acceptors (Lipinski definition) is 2. The summed E-state index contributed by atoms with van der Waals surface area (Å²) in [6, 6.07) is 1.96. The maximum absolute atomic E-state index is 11.3. The third kappa shape index (κ3) is 1.91. The van der Waals surface area contributed by atoms with E-state index in [-0.39, 0.29) is 5.56 Å². The summed E-state index contributed by atoms with van der Waals surface area (Å²) in [5.41, 5.74) is 2.13. The number of rotatable bonds is 2. The first kappa shape index (κ1) is 9.39. The van der Waals surface area contributed by atoms with Crippen molar-refractivity contribution >= 4 is 11.8 Å². The van der Waals surface area contributed by atoms with Crippen molar-refractivity contribution in [1.29, 1.82) is 0 Å². The summed E-state index contributed by atoms with van der Waals surface area (Å²) in [6.07, 6.45) is 3.95. The van der Waals surface area contributed by atoms with Crippen LogP contribution in [0.25, 0.3) is 0 Å². The predicted molar refractivity (Wildman–Crippen MR) is 53.6 cm³/mol. The van der Waals surface area contributed by atoms with Gasteiger partial charge in [0.15, 0.2) is 0 Å². The Hall–Kier alpha value is -0.700. The summed E-state index contributed by atoms with van der Waals surface area (Å²) in [4.78, 5) is 11.3. The lowest BCUT2D eigenvalue weighted by Crippen LogP contribution is -2.18. The predicted octanol–water partition coefficient (Wildman–Crippen LogP) is 1.56. The van der Waals surface area contributed by atoms with Gasteiger partial charge in [-0.1, -0.05) is 0 Å². The Morgan fingerprint density at radius 1 is 1.58 bits per heavy atom. The van der Waals surface area contributed by atoms with Crippen LogP contribution in [-0.2, 0) is 12.8 Å². The second-order valence-corrected chi connectivity index (χ2v) is 3.75. The minimum Gasteiger partial charge on any atom is -0.318 e. The highest BCUT2D eigenvalue weighted by atomic mass is 32.2. The fourth-order valence-electron chi connectivity index (χ4n) is 1.21. The molecule has 2 nitrogen and oxygen atoms in total. The summed E-state index contributed by atoms with van der Waals surface area (Å²) >= 11 is 1.76. The molecule has 3 heteroatoms. The van der Waals surface area contributed by atoms with Gasteiger partial charge in [-0.2, -0.15) is 11.8 Å². The molecule has 1 heterocycles. The van der Waals surface area contributed by atoms with Crippen molar-refractivity contribution in [2.24, 2.45) is 7.05 Å². The zero-order valence-corrected chi connectivity index (χ0v) is 8.44. The van der Waals surface area contributed by atoms with Crippen LogP contribution < -0.4 is 5.56 Å². The van der Waals surface area contributed by atoms with Crippen molar-refractivity contribution in [3.8, 4) is 0 Å². The van der Waals surface area contributed by atoms with Gasteiger partial charge in [-0.15, -0.1) is 0 Å². The van der Waals surface area contributed by atoms with Crippen molar-refractivity contribution in [2.75, 3.05) is 6.26 Å². The van der Waals surface area contributed by atoms with Gasteiger partial charge in [0.1, 0.15) is 0 Å². The van der Waals surface area contributed by atoms with Gasteiger partial charge in [-0.3, -0.25) is 4.79 Å². The van der Waals surface area contributed by atoms with Crippen LogP contribution in [0.4, 0.5) is 0 Å². The summed E-state index contributed by atoms with van der Waals surface area (Å²) in [5.74, 6) is 0.967. The van der Waals surface area contributed by atoms with Crippen molar-refractivity contribution < 1.29 is 0 Å². The Labute approximate surface area is 76.6 Å². The van der Waals surface area contributed by atoms with Crippen molar-refractivity contribution in [3.63, 3.8) is 0 Å². The Morgan fingerprint density at radius 3 is 2.75 bits per heavy atom. The van der Waals surface area contributed by atoms with Gasteiger partial charge < -0.3 is 4.57 Å². The molecule has 1 aromatic rings. The molecule has 0 aliphatic heterocycles. The van der Waals surface area contributed by atoms with E-state index in [1.54, 1.807) is 23.4 Å². The molecular weight excluding hydrogens is 170 g/mol. The second-order valence-electron chi connectivity index (χ2n) is 2.88. The van der Waals surface area contributed by atoms with Gasteiger partial charge >= 0.3 is 0 Å². The molecule has 1 aromatic heterocycles. The van der Waals surface area contributed by atoms with Gasteiger partial charge in [-0.25, -0.2) is 0 Å². The molecule has 0 unspecified atom stereocenters. The third-order valence-corrected chi connectivity index (χ3v) is 2.35. The maximum Gasteiger partial charge on any atom is 0.253 e. The molecule has 66 valence electrons. The van der Waals surface area contributed by atoms with Crippen LogP contribution in [0.1, 0.15) is 11.1 Å². The fourth-order valence-corrected chi connectivity index (χ4v) is 1.70. The minimum absolute atomic E-state index is 0.0971. The summed E-state index contributed by atoms with van der Waals surface area (Å²) in [7, 11) is 1.79. The molecule has 0 aromatic carbocycles. The lowest BCUT2D eigenvalue weighted by Gasteiger charge is -2.03. The molecule has 0 spiro atoms. The van der Waals surface area contributed by atoms with Crippen LogP contribution in [0, 0.1) is 6.92 Å². The van der Waals surface area contributed by atoms with Crippen LogP contribution in [0.3, 0.4) is 0 Å². The zero-order chi connectivity index (χ0) is 9.14. The first-order valence-electron chi connectivity index (χ1n) is 3.80. The molecule has 0 aliphatic carbocycles. The molecule has 12 heavy (non-hydrogen) atoms. The molecule has 0 saturated heterocycles. The number of pyridine rings is 1. The van der Waals surface area contributed by atoms with Gasteiger partial charge in [0, 0.05) is 24.6 Å². The number of aryl methyl sites for hydroxylation is 2. The number of nitrogens with zero attached hydrogens (tertiary/aromatic N) is 1. The molecule has 1 rings (SSSR count). The van der Waals surface area contributed by atoms with Crippen LogP contribution in [0.5, 0.6) is 0 Å². The van der Waals surface area contributed by atoms with Crippen molar-refractivity contribution in [2.45, 2.75) is 12.7 Å². The van der Waals surface area contributed by atoms with Crippen molar-refractivity contribution in [3.05, 3.63) is 33.7 Å². The third-order valence-electron chi connectivity index (χ3n) is 1.73. The van der Waals surface area contributed by atoms with E-state index in [1.807, 2.05) is 19.2 Å².